The minimum atomic E-state index is -3.86. The highest BCUT2D eigenvalue weighted by atomic mass is 32.2. The Bertz CT molecular complexity index is 1600. The summed E-state index contributed by atoms with van der Waals surface area (Å²) in [5, 5.41) is 4.55. The van der Waals surface area contributed by atoms with E-state index >= 15 is 0 Å². The van der Waals surface area contributed by atoms with Gasteiger partial charge in [0.2, 0.25) is 21.8 Å². The predicted octanol–water partition coefficient (Wildman–Crippen LogP) is 5.08. The van der Waals surface area contributed by atoms with Crippen LogP contribution in [-0.2, 0) is 32.6 Å². The number of rotatable bonds is 11. The van der Waals surface area contributed by atoms with E-state index in [9.17, 15) is 18.0 Å². The van der Waals surface area contributed by atoms with Crippen molar-refractivity contribution in [2.75, 3.05) is 17.1 Å². The molecule has 0 radical (unpaired) electrons. The summed E-state index contributed by atoms with van der Waals surface area (Å²) >= 11 is 0. The SMILES string of the molecule is Cc1ccc(CN(C(=O)CN(c2cccc3ccccc23)S(C)(=O)=O)C(Cc2ccccc2)C(=O)NC(C)C)cc1. The van der Waals surface area contributed by atoms with Crippen LogP contribution in [0.4, 0.5) is 5.69 Å². The smallest absolute Gasteiger partial charge is 0.244 e. The number of nitrogens with zero attached hydrogens (tertiary/aromatic N) is 2. The van der Waals surface area contributed by atoms with Gasteiger partial charge in [-0.15, -0.1) is 0 Å². The molecule has 1 atom stereocenters. The minimum absolute atomic E-state index is 0.139. The highest BCUT2D eigenvalue weighted by molar-refractivity contribution is 7.92. The fourth-order valence-corrected chi connectivity index (χ4v) is 5.71. The molecule has 0 heterocycles. The molecular weight excluding hydrogens is 534 g/mol. The molecule has 8 heteroatoms. The van der Waals surface area contributed by atoms with E-state index in [1.165, 1.54) is 4.90 Å². The second-order valence-corrected chi connectivity index (χ2v) is 12.6. The molecule has 0 bridgehead atoms. The van der Waals surface area contributed by atoms with Crippen LogP contribution >= 0.6 is 0 Å². The Morgan fingerprint density at radius 2 is 1.44 bits per heavy atom. The van der Waals surface area contributed by atoms with Crippen molar-refractivity contribution in [1.82, 2.24) is 10.2 Å². The van der Waals surface area contributed by atoms with E-state index in [1.54, 1.807) is 12.1 Å². The third-order valence-electron chi connectivity index (χ3n) is 6.89. The quantitative estimate of drug-likeness (QED) is 0.272. The number of nitrogens with one attached hydrogen (secondary N) is 1. The van der Waals surface area contributed by atoms with Crippen molar-refractivity contribution in [1.29, 1.82) is 0 Å². The molecule has 41 heavy (non-hydrogen) atoms. The first-order valence-electron chi connectivity index (χ1n) is 13.7. The Kier molecular flexibility index (Phi) is 9.45. The maximum atomic E-state index is 14.2. The molecule has 1 unspecified atom stereocenters. The summed E-state index contributed by atoms with van der Waals surface area (Å²) in [6, 6.07) is 29.1. The van der Waals surface area contributed by atoms with Crippen LogP contribution in [-0.4, -0.2) is 50.0 Å². The molecule has 1 N–H and O–H groups in total. The van der Waals surface area contributed by atoms with Crippen molar-refractivity contribution >= 4 is 38.3 Å². The standard InChI is InChI=1S/C33H37N3O4S/c1-24(2)34-33(38)31(21-26-11-6-5-7-12-26)35(22-27-19-17-25(3)18-20-27)32(37)23-36(41(4,39)40)30-16-10-14-28-13-8-9-15-29(28)30/h5-20,24,31H,21-23H2,1-4H3,(H,34,38). The molecule has 0 aliphatic heterocycles. The average molecular weight is 572 g/mol. The van der Waals surface area contributed by atoms with Crippen molar-refractivity contribution in [3.8, 4) is 0 Å². The molecule has 0 aliphatic carbocycles. The summed E-state index contributed by atoms with van der Waals surface area (Å²) < 4.78 is 27.4. The van der Waals surface area contributed by atoms with Crippen LogP contribution in [0.25, 0.3) is 10.8 Å². The first kappa shape index (κ1) is 29.8. The molecular formula is C33H37N3O4S. The van der Waals surface area contributed by atoms with Crippen molar-refractivity contribution in [2.24, 2.45) is 0 Å². The van der Waals surface area contributed by atoms with Gasteiger partial charge in [-0.2, -0.15) is 0 Å². The van der Waals surface area contributed by atoms with Crippen molar-refractivity contribution in [3.63, 3.8) is 0 Å². The summed E-state index contributed by atoms with van der Waals surface area (Å²) in [7, 11) is -3.86. The molecule has 4 aromatic carbocycles. The molecule has 2 amide bonds. The molecule has 0 fully saturated rings. The largest absolute Gasteiger partial charge is 0.352 e. The zero-order valence-electron chi connectivity index (χ0n) is 23.9. The summed E-state index contributed by atoms with van der Waals surface area (Å²) in [6.45, 7) is 5.43. The zero-order chi connectivity index (χ0) is 29.6. The van der Waals surface area contributed by atoms with Gasteiger partial charge in [0.1, 0.15) is 12.6 Å². The monoisotopic (exact) mass is 571 g/mol. The number of carbonyl (C=O) groups is 2. The maximum Gasteiger partial charge on any atom is 0.244 e. The average Bonchev–Trinajstić information content (AvgIpc) is 2.94. The Labute approximate surface area is 242 Å². The van der Waals surface area contributed by atoms with Crippen LogP contribution in [0.1, 0.15) is 30.5 Å². The van der Waals surface area contributed by atoms with Crippen molar-refractivity contribution < 1.29 is 18.0 Å². The highest BCUT2D eigenvalue weighted by Gasteiger charge is 2.33. The third-order valence-corrected chi connectivity index (χ3v) is 8.02. The molecule has 0 saturated heterocycles. The van der Waals surface area contributed by atoms with Gasteiger partial charge in [-0.3, -0.25) is 13.9 Å². The highest BCUT2D eigenvalue weighted by Crippen LogP contribution is 2.29. The number of benzene rings is 4. The molecule has 4 rings (SSSR count). The molecule has 0 aliphatic rings. The number of hydrogen-bond acceptors (Lipinski definition) is 4. The number of hydrogen-bond donors (Lipinski definition) is 1. The molecule has 4 aromatic rings. The fourth-order valence-electron chi connectivity index (χ4n) is 4.85. The van der Waals surface area contributed by atoms with Crippen LogP contribution in [0.5, 0.6) is 0 Å². The number of aryl methyl sites for hydroxylation is 1. The van der Waals surface area contributed by atoms with E-state index in [0.717, 1.165) is 38.0 Å². The van der Waals surface area contributed by atoms with E-state index < -0.39 is 28.5 Å². The van der Waals surface area contributed by atoms with Crippen LogP contribution in [0.15, 0.2) is 97.1 Å². The van der Waals surface area contributed by atoms with E-state index in [1.807, 2.05) is 106 Å². The Morgan fingerprint density at radius 3 is 2.10 bits per heavy atom. The normalized spacial score (nSPS) is 12.2. The first-order valence-corrected chi connectivity index (χ1v) is 15.5. The van der Waals surface area contributed by atoms with Gasteiger partial charge in [0.05, 0.1) is 11.9 Å². The van der Waals surface area contributed by atoms with Gasteiger partial charge in [0, 0.05) is 24.4 Å². The van der Waals surface area contributed by atoms with E-state index in [4.69, 9.17) is 0 Å². The van der Waals surface area contributed by atoms with Crippen molar-refractivity contribution in [2.45, 2.75) is 45.8 Å². The van der Waals surface area contributed by atoms with E-state index in [-0.39, 0.29) is 24.9 Å². The second kappa shape index (κ2) is 13.0. The number of amides is 2. The number of anilines is 1. The molecule has 0 spiro atoms. The minimum Gasteiger partial charge on any atom is -0.352 e. The predicted molar refractivity (Wildman–Crippen MR) is 165 cm³/mol. The lowest BCUT2D eigenvalue weighted by Gasteiger charge is -2.34. The van der Waals surface area contributed by atoms with E-state index in [0.29, 0.717) is 5.69 Å². The van der Waals surface area contributed by atoms with Gasteiger partial charge >= 0.3 is 0 Å². The van der Waals surface area contributed by atoms with Gasteiger partial charge < -0.3 is 10.2 Å². The van der Waals surface area contributed by atoms with E-state index in [2.05, 4.69) is 5.32 Å². The molecule has 7 nitrogen and oxygen atoms in total. The third kappa shape index (κ3) is 7.73. The number of sulfonamides is 1. The van der Waals surface area contributed by atoms with Crippen LogP contribution < -0.4 is 9.62 Å². The number of carbonyl (C=O) groups excluding carboxylic acids is 2. The van der Waals surface area contributed by atoms with Gasteiger partial charge in [0.15, 0.2) is 0 Å². The van der Waals surface area contributed by atoms with Gasteiger partial charge in [-0.1, -0.05) is 96.6 Å². The first-order chi connectivity index (χ1) is 19.5. The topological polar surface area (TPSA) is 86.8 Å². The Hall–Kier alpha value is -4.17. The lowest BCUT2D eigenvalue weighted by Crippen LogP contribution is -2.54. The zero-order valence-corrected chi connectivity index (χ0v) is 24.8. The van der Waals surface area contributed by atoms with Crippen LogP contribution in [0, 0.1) is 6.92 Å². The summed E-state index contributed by atoms with van der Waals surface area (Å²) in [6.07, 6.45) is 1.38. The summed E-state index contributed by atoms with van der Waals surface area (Å²) in [5.41, 5.74) is 3.23. The lowest BCUT2D eigenvalue weighted by atomic mass is 10.0. The van der Waals surface area contributed by atoms with Gasteiger partial charge in [-0.25, -0.2) is 8.42 Å². The van der Waals surface area contributed by atoms with Gasteiger partial charge in [0.25, 0.3) is 0 Å². The van der Waals surface area contributed by atoms with Gasteiger partial charge in [-0.05, 0) is 43.4 Å². The summed E-state index contributed by atoms with van der Waals surface area (Å²) in [4.78, 5) is 29.4. The maximum absolute atomic E-state index is 14.2. The Morgan fingerprint density at radius 1 is 0.805 bits per heavy atom. The Balaban J connectivity index is 1.78. The van der Waals surface area contributed by atoms with Crippen LogP contribution in [0.2, 0.25) is 0 Å². The molecule has 214 valence electrons. The van der Waals surface area contributed by atoms with Crippen molar-refractivity contribution in [3.05, 3.63) is 114 Å². The fraction of sp³-hybridized carbons (Fsp3) is 0.273. The number of fused-ring (bicyclic) bond motifs is 1. The summed E-state index contributed by atoms with van der Waals surface area (Å²) in [5.74, 6) is -0.760. The molecule has 0 saturated carbocycles. The second-order valence-electron chi connectivity index (χ2n) is 10.6. The molecule has 0 aromatic heterocycles. The van der Waals surface area contributed by atoms with Crippen LogP contribution in [0.3, 0.4) is 0 Å². The lowest BCUT2D eigenvalue weighted by molar-refractivity contribution is -0.140.